The van der Waals surface area contributed by atoms with E-state index >= 15 is 0 Å². The van der Waals surface area contributed by atoms with E-state index in [1.165, 1.54) is 0 Å². The Morgan fingerprint density at radius 1 is 1.56 bits per heavy atom. The van der Waals surface area contributed by atoms with Crippen LogP contribution in [-0.4, -0.2) is 4.21 Å². The molecule has 9 heavy (non-hydrogen) atoms. The average molecular weight is 163 g/mol. The van der Waals surface area contributed by atoms with E-state index in [0.717, 1.165) is 0 Å². The van der Waals surface area contributed by atoms with E-state index in [9.17, 15) is 16.5 Å². The lowest BCUT2D eigenvalue weighted by atomic mass is 11.6. The molecule has 4 nitrogen and oxygen atoms in total. The van der Waals surface area contributed by atoms with Crippen molar-refractivity contribution in [1.82, 2.24) is 0 Å². The Balaban J connectivity index is 4.37. The molecule has 0 amide bonds. The van der Waals surface area contributed by atoms with Crippen LogP contribution in [0, 0.1) is 11.5 Å². The van der Waals surface area contributed by atoms with Gasteiger partial charge in [-0.1, -0.05) is 7.77 Å². The lowest BCUT2D eigenvalue weighted by molar-refractivity contribution is -0.0410. The second kappa shape index (κ2) is 1.85. The lowest BCUT2D eigenvalue weighted by Gasteiger charge is -2.11. The Bertz CT molecular complexity index is 202. The minimum atomic E-state index is -7.18. The molecule has 0 aliphatic rings. The summed E-state index contributed by atoms with van der Waals surface area (Å²) in [5, 5.41) is 7.33. The molecule has 0 saturated heterocycles. The Morgan fingerprint density at radius 2 is 2.00 bits per heavy atom. The van der Waals surface area contributed by atoms with Crippen LogP contribution in [0.4, 0.5) is 12.3 Å². The molecular weight excluding hydrogens is 163 g/mol. The van der Waals surface area contributed by atoms with Gasteiger partial charge in [0.15, 0.2) is 0 Å². The first-order chi connectivity index (χ1) is 3.89. The molecule has 0 fully saturated rings. The fourth-order valence-electron chi connectivity index (χ4n) is 0.0715. The van der Waals surface area contributed by atoms with Gasteiger partial charge in [-0.25, -0.2) is 0 Å². The topological polar surface area (TPSA) is 59.3 Å². The molecule has 0 bridgehead atoms. The predicted octanol–water partition coefficient (Wildman–Crippen LogP) is 0.804. The predicted molar refractivity (Wildman–Crippen MR) is 19.2 cm³/mol. The summed E-state index contributed by atoms with van der Waals surface area (Å²) >= 11 is 0. The summed E-state index contributed by atoms with van der Waals surface area (Å²) in [5.41, 5.74) is 0. The maximum absolute atomic E-state index is 11.4. The molecule has 0 aromatic rings. The SMILES string of the molecule is N#COS(=O)(F)(F)OF. The maximum atomic E-state index is 11.4. The summed E-state index contributed by atoms with van der Waals surface area (Å²) < 4.78 is 46.8. The summed E-state index contributed by atoms with van der Waals surface area (Å²) in [6.07, 6.45) is 0.320. The van der Waals surface area contributed by atoms with Crippen LogP contribution in [0.25, 0.3) is 0 Å². The molecule has 0 aromatic carbocycles. The molecule has 0 unspecified atom stereocenters. The van der Waals surface area contributed by atoms with Gasteiger partial charge in [0.25, 0.3) is 0 Å². The largest absolute Gasteiger partial charge is 0.466 e. The normalized spacial score (nSPS) is 15.1. The highest BCUT2D eigenvalue weighted by atomic mass is 32.4. The second-order valence-electron chi connectivity index (χ2n) is 0.878. The van der Waals surface area contributed by atoms with Crippen molar-refractivity contribution < 1.29 is 25.1 Å². The number of halogens is 3. The number of nitrogens with zero attached hydrogens (tertiary/aromatic N) is 1. The monoisotopic (exact) mass is 163 g/mol. The average Bonchev–Trinajstić information content (AvgIpc) is 1.66. The fourth-order valence-corrected chi connectivity index (χ4v) is 0.214. The van der Waals surface area contributed by atoms with Gasteiger partial charge in [-0.2, -0.15) is 4.21 Å². The van der Waals surface area contributed by atoms with Crippen LogP contribution < -0.4 is 0 Å². The van der Waals surface area contributed by atoms with E-state index in [1.807, 2.05) is 0 Å². The Hall–Kier alpha value is -0.810. The maximum Gasteiger partial charge on any atom is 0.466 e. The molecule has 0 aliphatic carbocycles. The van der Waals surface area contributed by atoms with E-state index in [0.29, 0.717) is 6.26 Å². The molecule has 8 heteroatoms. The molecule has 0 radical (unpaired) electrons. The number of rotatable bonds is 2. The zero-order valence-electron chi connectivity index (χ0n) is 3.71. The van der Waals surface area contributed by atoms with Gasteiger partial charge in [-0.3, -0.25) is 4.18 Å². The summed E-state index contributed by atoms with van der Waals surface area (Å²) in [4.78, 5) is 0. The van der Waals surface area contributed by atoms with Gasteiger partial charge < -0.3 is 0 Å². The minimum absolute atomic E-state index is 0.320. The van der Waals surface area contributed by atoms with Crippen LogP contribution in [0.1, 0.15) is 0 Å². The molecule has 0 aromatic heterocycles. The molecule has 0 aliphatic heterocycles. The summed E-state index contributed by atoms with van der Waals surface area (Å²) in [7, 11) is -7.18. The van der Waals surface area contributed by atoms with Crippen LogP contribution in [0.15, 0.2) is 0 Å². The Kier molecular flexibility index (Phi) is 1.69. The molecule has 0 atom stereocenters. The van der Waals surface area contributed by atoms with E-state index in [1.54, 1.807) is 4.39 Å². The standard InChI is InChI=1S/CF3NO3S/c2-8-9(3,4,6)7-1-5. The molecular formula is CF3NO3S. The van der Waals surface area contributed by atoms with Gasteiger partial charge >= 0.3 is 16.7 Å². The highest BCUT2D eigenvalue weighted by Crippen LogP contribution is 2.31. The van der Waals surface area contributed by atoms with Gasteiger partial charge in [0.1, 0.15) is 0 Å². The minimum Gasteiger partial charge on any atom is -0.276 e. The summed E-state index contributed by atoms with van der Waals surface area (Å²) in [6, 6.07) is 0. The number of hydrogen-bond donors (Lipinski definition) is 0. The highest BCUT2D eigenvalue weighted by molar-refractivity contribution is 8.02. The summed E-state index contributed by atoms with van der Waals surface area (Å²) in [5.74, 6) is 0. The van der Waals surface area contributed by atoms with E-state index in [-0.39, 0.29) is 0 Å². The molecule has 0 saturated carbocycles. The van der Waals surface area contributed by atoms with Crippen molar-refractivity contribution >= 4 is 10.4 Å². The zero-order chi connectivity index (χ0) is 7.57. The van der Waals surface area contributed by atoms with Crippen molar-refractivity contribution in [3.63, 3.8) is 0 Å². The van der Waals surface area contributed by atoms with Crippen molar-refractivity contribution in [3.8, 4) is 6.26 Å². The Labute approximate surface area is 48.1 Å². The molecule has 0 heterocycles. The highest BCUT2D eigenvalue weighted by Gasteiger charge is 2.42. The smallest absolute Gasteiger partial charge is 0.276 e. The van der Waals surface area contributed by atoms with Gasteiger partial charge in [-0.15, -0.1) is 5.26 Å². The molecule has 54 valence electrons. The Morgan fingerprint density at radius 3 is 2.11 bits per heavy atom. The van der Waals surface area contributed by atoms with Crippen molar-refractivity contribution in [2.24, 2.45) is 0 Å². The van der Waals surface area contributed by atoms with E-state index in [2.05, 4.69) is 4.18 Å². The number of hydrogen-bond acceptors (Lipinski definition) is 4. The second-order valence-corrected chi connectivity index (χ2v) is 2.45. The van der Waals surface area contributed by atoms with Crippen molar-refractivity contribution in [1.29, 1.82) is 5.26 Å². The first-order valence-electron chi connectivity index (χ1n) is 1.39. The van der Waals surface area contributed by atoms with Gasteiger partial charge in [0.2, 0.25) is 0 Å². The van der Waals surface area contributed by atoms with E-state index < -0.39 is 10.4 Å². The van der Waals surface area contributed by atoms with Crippen LogP contribution in [0.5, 0.6) is 0 Å². The molecule has 0 rings (SSSR count). The van der Waals surface area contributed by atoms with Gasteiger partial charge in [0, 0.05) is 0 Å². The van der Waals surface area contributed by atoms with Crippen molar-refractivity contribution in [3.05, 3.63) is 0 Å². The quantitative estimate of drug-likeness (QED) is 0.446. The third kappa shape index (κ3) is 2.89. The van der Waals surface area contributed by atoms with Crippen molar-refractivity contribution in [2.75, 3.05) is 0 Å². The first kappa shape index (κ1) is 8.19. The van der Waals surface area contributed by atoms with Gasteiger partial charge in [-0.05, 0) is 8.91 Å². The van der Waals surface area contributed by atoms with Crippen LogP contribution in [0.3, 0.4) is 0 Å². The fraction of sp³-hybridized carbons (Fsp3) is 0. The van der Waals surface area contributed by atoms with Gasteiger partial charge in [0.05, 0.1) is 0 Å². The van der Waals surface area contributed by atoms with E-state index in [4.69, 9.17) is 5.26 Å². The van der Waals surface area contributed by atoms with Crippen LogP contribution in [-0.2, 0) is 19.0 Å². The van der Waals surface area contributed by atoms with Crippen LogP contribution in [0.2, 0.25) is 0 Å². The third-order valence-electron chi connectivity index (χ3n) is 0.267. The van der Waals surface area contributed by atoms with Crippen LogP contribution >= 0.6 is 0 Å². The first-order valence-corrected chi connectivity index (χ1v) is 3.01. The molecule has 0 spiro atoms. The summed E-state index contributed by atoms with van der Waals surface area (Å²) in [6.45, 7) is 0. The zero-order valence-corrected chi connectivity index (χ0v) is 4.53. The van der Waals surface area contributed by atoms with Crippen molar-refractivity contribution in [2.45, 2.75) is 0 Å². The number of nitriles is 1. The third-order valence-corrected chi connectivity index (χ3v) is 0.802. The molecule has 0 N–H and O–H groups in total. The lowest BCUT2D eigenvalue weighted by Crippen LogP contribution is -2.20.